The summed E-state index contributed by atoms with van der Waals surface area (Å²) in [5.74, 6) is -0.164. The van der Waals surface area contributed by atoms with E-state index < -0.39 is 11.6 Å². The molecule has 1 aromatic carbocycles. The zero-order valence-electron chi connectivity index (χ0n) is 18.8. The van der Waals surface area contributed by atoms with Gasteiger partial charge in [0, 0.05) is 6.04 Å². The second kappa shape index (κ2) is 9.51. The van der Waals surface area contributed by atoms with Gasteiger partial charge in [-0.3, -0.25) is 14.5 Å². The SMILES string of the molecule is CC(C)N(Cc1nnc(-c2ccccc2Cl)o1)C(=O)CN1C(=O)NC2(CCCCCC2)C1=O. The van der Waals surface area contributed by atoms with Crippen molar-refractivity contribution in [3.8, 4) is 11.5 Å². The molecule has 1 N–H and O–H groups in total. The molecule has 33 heavy (non-hydrogen) atoms. The Labute approximate surface area is 197 Å². The maximum absolute atomic E-state index is 13.1. The number of nitrogens with one attached hydrogen (secondary N) is 1. The smallest absolute Gasteiger partial charge is 0.325 e. The fraction of sp³-hybridized carbons (Fsp3) is 0.522. The molecule has 0 unspecified atom stereocenters. The van der Waals surface area contributed by atoms with E-state index in [1.807, 2.05) is 19.9 Å². The van der Waals surface area contributed by atoms with Crippen molar-refractivity contribution in [2.45, 2.75) is 70.5 Å². The van der Waals surface area contributed by atoms with E-state index in [9.17, 15) is 14.4 Å². The number of hydrogen-bond donors (Lipinski definition) is 1. The second-order valence-corrected chi connectivity index (χ2v) is 9.32. The van der Waals surface area contributed by atoms with Crippen LogP contribution < -0.4 is 5.32 Å². The molecule has 2 heterocycles. The fourth-order valence-corrected chi connectivity index (χ4v) is 4.70. The fourth-order valence-electron chi connectivity index (χ4n) is 4.48. The van der Waals surface area contributed by atoms with E-state index in [0.717, 1.165) is 30.6 Å². The summed E-state index contributed by atoms with van der Waals surface area (Å²) in [6.07, 6.45) is 5.09. The summed E-state index contributed by atoms with van der Waals surface area (Å²) >= 11 is 6.20. The number of rotatable bonds is 6. The van der Waals surface area contributed by atoms with Crippen molar-refractivity contribution >= 4 is 29.4 Å². The van der Waals surface area contributed by atoms with Gasteiger partial charge in [-0.2, -0.15) is 0 Å². The van der Waals surface area contributed by atoms with Crippen molar-refractivity contribution in [1.29, 1.82) is 0 Å². The molecular formula is C23H28ClN5O4. The lowest BCUT2D eigenvalue weighted by atomic mass is 9.90. The van der Waals surface area contributed by atoms with Crippen LogP contribution in [0.25, 0.3) is 11.5 Å². The third-order valence-electron chi connectivity index (χ3n) is 6.32. The van der Waals surface area contributed by atoms with E-state index in [1.165, 1.54) is 4.90 Å². The standard InChI is InChI=1S/C23H28ClN5O4/c1-15(2)28(13-18-26-27-20(33-18)16-9-5-6-10-17(16)24)19(30)14-29-21(31)23(25-22(29)32)11-7-3-4-8-12-23/h5-6,9-10,15H,3-4,7-8,11-14H2,1-2H3,(H,25,32). The Morgan fingerprint density at radius 2 is 1.88 bits per heavy atom. The van der Waals surface area contributed by atoms with Crippen LogP contribution in [0.2, 0.25) is 5.02 Å². The maximum Gasteiger partial charge on any atom is 0.325 e. The van der Waals surface area contributed by atoms with Crippen LogP contribution in [0.15, 0.2) is 28.7 Å². The summed E-state index contributed by atoms with van der Waals surface area (Å²) in [5, 5.41) is 11.4. The average Bonchev–Trinajstić information content (AvgIpc) is 3.23. The Hall–Kier alpha value is -2.94. The highest BCUT2D eigenvalue weighted by Crippen LogP contribution is 2.33. The van der Waals surface area contributed by atoms with Crippen molar-refractivity contribution < 1.29 is 18.8 Å². The molecule has 0 bridgehead atoms. The minimum Gasteiger partial charge on any atom is -0.419 e. The lowest BCUT2D eigenvalue weighted by molar-refractivity contribution is -0.140. The highest BCUT2D eigenvalue weighted by Gasteiger charge is 2.51. The Morgan fingerprint density at radius 1 is 1.18 bits per heavy atom. The van der Waals surface area contributed by atoms with Gasteiger partial charge in [0.05, 0.1) is 17.1 Å². The predicted molar refractivity (Wildman–Crippen MR) is 121 cm³/mol. The number of hydrogen-bond acceptors (Lipinski definition) is 6. The Morgan fingerprint density at radius 3 is 2.55 bits per heavy atom. The van der Waals surface area contributed by atoms with Crippen molar-refractivity contribution in [3.05, 3.63) is 35.2 Å². The van der Waals surface area contributed by atoms with Gasteiger partial charge in [-0.25, -0.2) is 4.79 Å². The highest BCUT2D eigenvalue weighted by molar-refractivity contribution is 6.33. The first kappa shape index (κ1) is 23.2. The van der Waals surface area contributed by atoms with Gasteiger partial charge in [0.1, 0.15) is 12.1 Å². The van der Waals surface area contributed by atoms with E-state index >= 15 is 0 Å². The molecule has 9 nitrogen and oxygen atoms in total. The van der Waals surface area contributed by atoms with Gasteiger partial charge < -0.3 is 14.6 Å². The third kappa shape index (κ3) is 4.73. The maximum atomic E-state index is 13.1. The highest BCUT2D eigenvalue weighted by atomic mass is 35.5. The summed E-state index contributed by atoms with van der Waals surface area (Å²) in [7, 11) is 0. The van der Waals surface area contributed by atoms with Crippen LogP contribution in [0.3, 0.4) is 0 Å². The van der Waals surface area contributed by atoms with Gasteiger partial charge in [-0.1, -0.05) is 49.4 Å². The topological polar surface area (TPSA) is 109 Å². The predicted octanol–water partition coefficient (Wildman–Crippen LogP) is 3.77. The molecular weight excluding hydrogens is 446 g/mol. The third-order valence-corrected chi connectivity index (χ3v) is 6.65. The zero-order chi connectivity index (χ0) is 23.6. The molecule has 1 aromatic heterocycles. The number of benzene rings is 1. The summed E-state index contributed by atoms with van der Waals surface area (Å²) in [6.45, 7) is 3.43. The minimum atomic E-state index is -0.868. The first-order chi connectivity index (χ1) is 15.8. The molecule has 2 aliphatic rings. The van der Waals surface area contributed by atoms with Crippen LogP contribution >= 0.6 is 11.6 Å². The second-order valence-electron chi connectivity index (χ2n) is 8.91. The van der Waals surface area contributed by atoms with E-state index in [-0.39, 0.29) is 42.7 Å². The molecule has 1 aliphatic heterocycles. The average molecular weight is 474 g/mol. The number of nitrogens with zero attached hydrogens (tertiary/aromatic N) is 4. The lowest BCUT2D eigenvalue weighted by Gasteiger charge is -2.28. The van der Waals surface area contributed by atoms with Gasteiger partial charge in [0.25, 0.3) is 5.91 Å². The molecule has 2 fully saturated rings. The van der Waals surface area contributed by atoms with Crippen molar-refractivity contribution in [3.63, 3.8) is 0 Å². The van der Waals surface area contributed by atoms with E-state index in [2.05, 4.69) is 15.5 Å². The summed E-state index contributed by atoms with van der Waals surface area (Å²) in [5.41, 5.74) is -0.263. The number of carbonyl (C=O) groups is 3. The van der Waals surface area contributed by atoms with Gasteiger partial charge in [0.2, 0.25) is 17.7 Å². The number of imide groups is 1. The normalized spacial score (nSPS) is 18.0. The first-order valence-electron chi connectivity index (χ1n) is 11.3. The molecule has 0 atom stereocenters. The van der Waals surface area contributed by atoms with Crippen molar-refractivity contribution in [2.24, 2.45) is 0 Å². The molecule has 1 saturated carbocycles. The van der Waals surface area contributed by atoms with E-state index in [4.69, 9.17) is 16.0 Å². The van der Waals surface area contributed by atoms with Gasteiger partial charge >= 0.3 is 6.03 Å². The Bertz CT molecular complexity index is 1040. The summed E-state index contributed by atoms with van der Waals surface area (Å²) < 4.78 is 5.74. The zero-order valence-corrected chi connectivity index (χ0v) is 19.6. The lowest BCUT2D eigenvalue weighted by Crippen LogP contribution is -2.48. The molecule has 2 aromatic rings. The molecule has 1 aliphatic carbocycles. The first-order valence-corrected chi connectivity index (χ1v) is 11.7. The number of carbonyl (C=O) groups excluding carboxylic acids is 3. The monoisotopic (exact) mass is 473 g/mol. The minimum absolute atomic E-state index is 0.0583. The summed E-state index contributed by atoms with van der Waals surface area (Å²) in [4.78, 5) is 41.5. The van der Waals surface area contributed by atoms with E-state index in [0.29, 0.717) is 23.4 Å². The Balaban J connectivity index is 1.47. The van der Waals surface area contributed by atoms with Crippen LogP contribution in [0.1, 0.15) is 58.3 Å². The summed E-state index contributed by atoms with van der Waals surface area (Å²) in [6, 6.07) is 6.40. The number of amides is 4. The molecule has 4 amide bonds. The van der Waals surface area contributed by atoms with Crippen LogP contribution in [0.5, 0.6) is 0 Å². The molecule has 176 valence electrons. The number of urea groups is 1. The number of halogens is 1. The van der Waals surface area contributed by atoms with Gasteiger partial charge in [-0.15, -0.1) is 10.2 Å². The van der Waals surface area contributed by atoms with E-state index in [1.54, 1.807) is 18.2 Å². The quantitative estimate of drug-likeness (QED) is 0.639. The van der Waals surface area contributed by atoms with Crippen molar-refractivity contribution in [2.75, 3.05) is 6.54 Å². The largest absolute Gasteiger partial charge is 0.419 e. The van der Waals surface area contributed by atoms with Crippen LogP contribution in [-0.2, 0) is 16.1 Å². The Kier molecular flexibility index (Phi) is 6.69. The molecule has 4 rings (SSSR count). The van der Waals surface area contributed by atoms with Gasteiger partial charge in [-0.05, 0) is 38.8 Å². The van der Waals surface area contributed by atoms with Gasteiger partial charge in [0.15, 0.2) is 0 Å². The number of aromatic nitrogens is 2. The molecule has 1 spiro atoms. The van der Waals surface area contributed by atoms with Crippen LogP contribution in [-0.4, -0.2) is 56.0 Å². The molecule has 10 heteroatoms. The van der Waals surface area contributed by atoms with Crippen LogP contribution in [0, 0.1) is 0 Å². The molecule has 0 radical (unpaired) electrons. The molecule has 1 saturated heterocycles. The van der Waals surface area contributed by atoms with Crippen molar-refractivity contribution in [1.82, 2.24) is 25.3 Å². The van der Waals surface area contributed by atoms with Crippen LogP contribution in [0.4, 0.5) is 4.79 Å².